The molecule has 0 fully saturated rings. The zero-order valence-electron chi connectivity index (χ0n) is 10.2. The van der Waals surface area contributed by atoms with E-state index in [2.05, 4.69) is 18.3 Å². The number of nitrogens with one attached hydrogen (secondary N) is 1. The summed E-state index contributed by atoms with van der Waals surface area (Å²) in [6, 6.07) is 11.8. The number of thiophene rings is 1. The van der Waals surface area contributed by atoms with Crippen molar-refractivity contribution in [1.82, 2.24) is 0 Å². The summed E-state index contributed by atoms with van der Waals surface area (Å²) in [7, 11) is 0. The molecule has 1 aromatic carbocycles. The molecule has 0 aliphatic rings. The fraction of sp³-hybridized carbons (Fsp3) is 0.133. The number of hydrogen-bond donors (Lipinski definition) is 1. The van der Waals surface area contributed by atoms with E-state index in [1.54, 1.807) is 17.4 Å². The van der Waals surface area contributed by atoms with Gasteiger partial charge in [-0.25, -0.2) is 0 Å². The van der Waals surface area contributed by atoms with Crippen molar-refractivity contribution in [1.29, 1.82) is 0 Å². The average molecular weight is 257 g/mol. The Morgan fingerprint density at radius 3 is 2.94 bits per heavy atom. The molecule has 2 rings (SSSR count). The Bertz CT molecular complexity index is 543. The highest BCUT2D eigenvalue weighted by atomic mass is 32.1. The van der Waals surface area contributed by atoms with Crippen LogP contribution in [-0.4, -0.2) is 5.91 Å². The van der Waals surface area contributed by atoms with E-state index in [1.807, 2.05) is 41.8 Å². The molecule has 1 aromatic heterocycles. The summed E-state index contributed by atoms with van der Waals surface area (Å²) in [5, 5.41) is 4.85. The zero-order valence-corrected chi connectivity index (χ0v) is 11.0. The van der Waals surface area contributed by atoms with Crippen LogP contribution in [0.2, 0.25) is 0 Å². The second kappa shape index (κ2) is 6.17. The topological polar surface area (TPSA) is 29.1 Å². The molecule has 0 bridgehead atoms. The van der Waals surface area contributed by atoms with Crippen molar-refractivity contribution in [2.24, 2.45) is 0 Å². The fourth-order valence-corrected chi connectivity index (χ4v) is 2.21. The number of rotatable bonds is 4. The molecule has 0 aliphatic heterocycles. The Labute approximate surface area is 111 Å². The summed E-state index contributed by atoms with van der Waals surface area (Å²) in [6.45, 7) is 2.09. The van der Waals surface area contributed by atoms with Crippen molar-refractivity contribution in [2.75, 3.05) is 5.32 Å². The monoisotopic (exact) mass is 257 g/mol. The highest BCUT2D eigenvalue weighted by Crippen LogP contribution is 2.12. The first-order chi connectivity index (χ1) is 8.78. The summed E-state index contributed by atoms with van der Waals surface area (Å²) in [4.78, 5) is 12.8. The van der Waals surface area contributed by atoms with E-state index in [0.717, 1.165) is 17.0 Å². The minimum absolute atomic E-state index is 0.100. The van der Waals surface area contributed by atoms with Crippen molar-refractivity contribution < 1.29 is 4.79 Å². The first-order valence-corrected chi connectivity index (χ1v) is 6.77. The third kappa shape index (κ3) is 3.57. The normalized spacial score (nSPS) is 10.7. The molecule has 0 saturated carbocycles. The van der Waals surface area contributed by atoms with E-state index in [0.29, 0.717) is 0 Å². The molecule has 92 valence electrons. The summed E-state index contributed by atoms with van der Waals surface area (Å²) < 4.78 is 0. The molecule has 1 amide bonds. The van der Waals surface area contributed by atoms with E-state index in [4.69, 9.17) is 0 Å². The number of hydrogen-bond acceptors (Lipinski definition) is 2. The van der Waals surface area contributed by atoms with Gasteiger partial charge in [0.25, 0.3) is 0 Å². The molecule has 3 heteroatoms. The summed E-state index contributed by atoms with van der Waals surface area (Å²) in [6.07, 6.45) is 4.35. The van der Waals surface area contributed by atoms with Gasteiger partial charge in [0.15, 0.2) is 0 Å². The number of aryl methyl sites for hydroxylation is 1. The lowest BCUT2D eigenvalue weighted by Crippen LogP contribution is -2.07. The molecule has 2 nitrogen and oxygen atoms in total. The Kier molecular flexibility index (Phi) is 4.31. The molecular weight excluding hydrogens is 242 g/mol. The van der Waals surface area contributed by atoms with Gasteiger partial charge in [-0.3, -0.25) is 4.79 Å². The van der Waals surface area contributed by atoms with E-state index in [-0.39, 0.29) is 5.91 Å². The number of amides is 1. The van der Waals surface area contributed by atoms with Crippen molar-refractivity contribution in [3.05, 3.63) is 58.3 Å². The Morgan fingerprint density at radius 1 is 1.33 bits per heavy atom. The molecule has 2 aromatic rings. The SMILES string of the molecule is CCc1cccc(NC(=O)C=Cc2cccs2)c1. The Hall–Kier alpha value is -1.87. The lowest BCUT2D eigenvalue weighted by Gasteiger charge is -2.03. The van der Waals surface area contributed by atoms with Crippen molar-refractivity contribution in [2.45, 2.75) is 13.3 Å². The van der Waals surface area contributed by atoms with Crippen LogP contribution < -0.4 is 5.32 Å². The Morgan fingerprint density at radius 2 is 2.22 bits per heavy atom. The van der Waals surface area contributed by atoms with Gasteiger partial charge in [0.05, 0.1) is 0 Å². The maximum Gasteiger partial charge on any atom is 0.248 e. The molecule has 0 radical (unpaired) electrons. The lowest BCUT2D eigenvalue weighted by molar-refractivity contribution is -0.111. The predicted octanol–water partition coefficient (Wildman–Crippen LogP) is 3.96. The van der Waals surface area contributed by atoms with Crippen LogP contribution in [0.3, 0.4) is 0 Å². The van der Waals surface area contributed by atoms with Crippen LogP contribution in [0.25, 0.3) is 6.08 Å². The Balaban J connectivity index is 1.98. The van der Waals surface area contributed by atoms with Crippen LogP contribution in [0.5, 0.6) is 0 Å². The lowest BCUT2D eigenvalue weighted by atomic mass is 10.1. The van der Waals surface area contributed by atoms with Crippen LogP contribution in [0, 0.1) is 0 Å². The maximum absolute atomic E-state index is 11.7. The first kappa shape index (κ1) is 12.6. The van der Waals surface area contributed by atoms with Crippen molar-refractivity contribution in [3.63, 3.8) is 0 Å². The van der Waals surface area contributed by atoms with Gasteiger partial charge in [-0.15, -0.1) is 11.3 Å². The largest absolute Gasteiger partial charge is 0.323 e. The highest BCUT2D eigenvalue weighted by molar-refractivity contribution is 7.10. The van der Waals surface area contributed by atoms with Crippen LogP contribution in [0.4, 0.5) is 5.69 Å². The van der Waals surface area contributed by atoms with Gasteiger partial charge in [0, 0.05) is 16.6 Å². The second-order valence-corrected chi connectivity index (χ2v) is 4.87. The third-order valence-electron chi connectivity index (χ3n) is 2.54. The van der Waals surface area contributed by atoms with E-state index < -0.39 is 0 Å². The van der Waals surface area contributed by atoms with E-state index in [1.165, 1.54) is 5.56 Å². The average Bonchev–Trinajstić information content (AvgIpc) is 2.90. The van der Waals surface area contributed by atoms with Gasteiger partial charge in [0.1, 0.15) is 0 Å². The van der Waals surface area contributed by atoms with Crippen LogP contribution >= 0.6 is 11.3 Å². The minimum atomic E-state index is -0.100. The minimum Gasteiger partial charge on any atom is -0.323 e. The molecule has 0 saturated heterocycles. The molecule has 1 N–H and O–H groups in total. The van der Waals surface area contributed by atoms with Crippen LogP contribution in [0.15, 0.2) is 47.9 Å². The third-order valence-corrected chi connectivity index (χ3v) is 3.38. The van der Waals surface area contributed by atoms with Crippen molar-refractivity contribution >= 4 is 29.0 Å². The zero-order chi connectivity index (χ0) is 12.8. The number of benzene rings is 1. The van der Waals surface area contributed by atoms with Gasteiger partial charge in [-0.05, 0) is 41.6 Å². The quantitative estimate of drug-likeness (QED) is 0.825. The van der Waals surface area contributed by atoms with Gasteiger partial charge < -0.3 is 5.32 Å². The highest BCUT2D eigenvalue weighted by Gasteiger charge is 1.98. The van der Waals surface area contributed by atoms with Gasteiger partial charge >= 0.3 is 0 Å². The molecule has 0 atom stereocenters. The number of anilines is 1. The summed E-state index contributed by atoms with van der Waals surface area (Å²) >= 11 is 1.61. The predicted molar refractivity (Wildman–Crippen MR) is 77.8 cm³/mol. The maximum atomic E-state index is 11.7. The van der Waals surface area contributed by atoms with Gasteiger partial charge in [-0.2, -0.15) is 0 Å². The van der Waals surface area contributed by atoms with Crippen LogP contribution in [0.1, 0.15) is 17.4 Å². The summed E-state index contributed by atoms with van der Waals surface area (Å²) in [5.74, 6) is -0.100. The number of carbonyl (C=O) groups excluding carboxylic acids is 1. The summed E-state index contributed by atoms with van der Waals surface area (Å²) in [5.41, 5.74) is 2.06. The van der Waals surface area contributed by atoms with Gasteiger partial charge in [0.2, 0.25) is 5.91 Å². The molecule has 0 spiro atoms. The van der Waals surface area contributed by atoms with Gasteiger partial charge in [-0.1, -0.05) is 25.1 Å². The molecule has 1 heterocycles. The molecular formula is C15H15NOS. The smallest absolute Gasteiger partial charge is 0.248 e. The molecule has 18 heavy (non-hydrogen) atoms. The second-order valence-electron chi connectivity index (χ2n) is 3.89. The molecule has 0 aliphatic carbocycles. The van der Waals surface area contributed by atoms with Crippen LogP contribution in [-0.2, 0) is 11.2 Å². The van der Waals surface area contributed by atoms with E-state index in [9.17, 15) is 4.79 Å². The molecule has 0 unspecified atom stereocenters. The fourth-order valence-electron chi connectivity index (χ4n) is 1.60. The first-order valence-electron chi connectivity index (χ1n) is 5.89. The van der Waals surface area contributed by atoms with Crippen molar-refractivity contribution in [3.8, 4) is 0 Å². The number of carbonyl (C=O) groups is 1. The standard InChI is InChI=1S/C15H15NOS/c1-2-12-5-3-6-13(11-12)16-15(17)9-8-14-7-4-10-18-14/h3-11H,2H2,1H3,(H,16,17). The van der Waals surface area contributed by atoms with E-state index >= 15 is 0 Å².